The van der Waals surface area contributed by atoms with Crippen molar-refractivity contribution in [3.63, 3.8) is 0 Å². The molecule has 0 saturated heterocycles. The molecule has 0 aliphatic heterocycles. The second kappa shape index (κ2) is 6.02. The van der Waals surface area contributed by atoms with Crippen LogP contribution in [0.2, 0.25) is 0 Å². The molecule has 0 spiro atoms. The second-order valence-electron chi connectivity index (χ2n) is 3.84. The molecule has 1 heterocycles. The van der Waals surface area contributed by atoms with Crippen molar-refractivity contribution < 1.29 is 22.7 Å². The Kier molecular flexibility index (Phi) is 4.52. The Balaban J connectivity index is 2.31. The van der Waals surface area contributed by atoms with Crippen LogP contribution in [0, 0.1) is 0 Å². The van der Waals surface area contributed by atoms with E-state index in [4.69, 9.17) is 0 Å². The van der Waals surface area contributed by atoms with E-state index in [0.717, 1.165) is 17.4 Å². The van der Waals surface area contributed by atoms with Crippen molar-refractivity contribution in [1.82, 2.24) is 4.98 Å². The van der Waals surface area contributed by atoms with Gasteiger partial charge in [-0.05, 0) is 18.2 Å². The van der Waals surface area contributed by atoms with Crippen molar-refractivity contribution in [2.45, 2.75) is 6.18 Å². The van der Waals surface area contributed by atoms with Gasteiger partial charge in [-0.2, -0.15) is 13.2 Å². The molecule has 1 aromatic heterocycles. The van der Waals surface area contributed by atoms with Crippen LogP contribution in [0.3, 0.4) is 0 Å². The van der Waals surface area contributed by atoms with Gasteiger partial charge in [-0.3, -0.25) is 0 Å². The van der Waals surface area contributed by atoms with Crippen molar-refractivity contribution in [2.75, 3.05) is 12.4 Å². The Labute approximate surface area is 130 Å². The summed E-state index contributed by atoms with van der Waals surface area (Å²) in [4.78, 5) is 15.1. The van der Waals surface area contributed by atoms with E-state index in [1.54, 1.807) is 0 Å². The summed E-state index contributed by atoms with van der Waals surface area (Å²) < 4.78 is 43.7. The second-order valence-corrected chi connectivity index (χ2v) is 5.62. The van der Waals surface area contributed by atoms with Gasteiger partial charge in [0.15, 0.2) is 10.8 Å². The van der Waals surface area contributed by atoms with E-state index in [9.17, 15) is 18.0 Å². The standard InChI is InChI=1S/C12H8BrF3N2O2S/c1-20-10(19)9-5-21-11(18-9)17-8-3-2-6(13)4-7(8)12(14,15)16/h2-5H,1H3,(H,17,18). The molecular weight excluding hydrogens is 373 g/mol. The number of hydrogen-bond donors (Lipinski definition) is 1. The molecule has 0 aliphatic carbocycles. The number of nitrogens with zero attached hydrogens (tertiary/aromatic N) is 1. The number of ether oxygens (including phenoxy) is 1. The van der Waals surface area contributed by atoms with E-state index in [0.29, 0.717) is 4.47 Å². The fourth-order valence-electron chi connectivity index (χ4n) is 1.50. The highest BCUT2D eigenvalue weighted by Crippen LogP contribution is 2.38. The predicted octanol–water partition coefficient (Wildman–Crippen LogP) is 4.45. The molecule has 4 nitrogen and oxygen atoms in total. The quantitative estimate of drug-likeness (QED) is 0.798. The third-order valence-electron chi connectivity index (χ3n) is 2.43. The van der Waals surface area contributed by atoms with Crippen LogP contribution >= 0.6 is 27.3 Å². The molecule has 21 heavy (non-hydrogen) atoms. The number of hydrogen-bond acceptors (Lipinski definition) is 5. The summed E-state index contributed by atoms with van der Waals surface area (Å²) >= 11 is 4.01. The third-order valence-corrected chi connectivity index (χ3v) is 3.68. The number of rotatable bonds is 3. The number of esters is 1. The Morgan fingerprint density at radius 2 is 2.14 bits per heavy atom. The maximum Gasteiger partial charge on any atom is 0.418 e. The lowest BCUT2D eigenvalue weighted by molar-refractivity contribution is -0.137. The first-order chi connectivity index (χ1) is 9.81. The maximum atomic E-state index is 13.0. The Bertz CT molecular complexity index is 673. The zero-order valence-electron chi connectivity index (χ0n) is 10.5. The van der Waals surface area contributed by atoms with Gasteiger partial charge >= 0.3 is 12.1 Å². The van der Waals surface area contributed by atoms with E-state index in [1.807, 2.05) is 0 Å². The van der Waals surface area contributed by atoms with Gasteiger partial charge in [0.2, 0.25) is 0 Å². The third kappa shape index (κ3) is 3.73. The van der Waals surface area contributed by atoms with Crippen LogP contribution in [0.25, 0.3) is 0 Å². The molecular formula is C12H8BrF3N2O2S. The molecule has 0 unspecified atom stereocenters. The van der Waals surface area contributed by atoms with E-state index in [-0.39, 0.29) is 16.5 Å². The Hall–Kier alpha value is -1.61. The minimum Gasteiger partial charge on any atom is -0.464 e. The average Bonchev–Trinajstić information content (AvgIpc) is 2.87. The molecule has 0 radical (unpaired) electrons. The number of methoxy groups -OCH3 is 1. The van der Waals surface area contributed by atoms with Crippen LogP contribution < -0.4 is 5.32 Å². The lowest BCUT2D eigenvalue weighted by Gasteiger charge is -2.13. The fourth-order valence-corrected chi connectivity index (χ4v) is 2.56. The molecule has 0 bridgehead atoms. The summed E-state index contributed by atoms with van der Waals surface area (Å²) in [7, 11) is 1.20. The van der Waals surface area contributed by atoms with Gasteiger partial charge in [0, 0.05) is 9.85 Å². The molecule has 1 aromatic carbocycles. The molecule has 0 saturated carbocycles. The molecule has 0 amide bonds. The minimum atomic E-state index is -4.51. The average molecular weight is 381 g/mol. The first kappa shape index (κ1) is 15.8. The number of thiazole rings is 1. The van der Waals surface area contributed by atoms with Gasteiger partial charge in [0.1, 0.15) is 0 Å². The number of aromatic nitrogens is 1. The zero-order valence-corrected chi connectivity index (χ0v) is 12.9. The number of anilines is 2. The van der Waals surface area contributed by atoms with Gasteiger partial charge in [-0.15, -0.1) is 11.3 Å². The van der Waals surface area contributed by atoms with Crippen molar-refractivity contribution in [2.24, 2.45) is 0 Å². The summed E-state index contributed by atoms with van der Waals surface area (Å²) in [6.07, 6.45) is -4.51. The first-order valence-corrected chi connectivity index (χ1v) is 7.16. The lowest BCUT2D eigenvalue weighted by atomic mass is 10.1. The number of nitrogens with one attached hydrogen (secondary N) is 1. The van der Waals surface area contributed by atoms with E-state index >= 15 is 0 Å². The minimum absolute atomic E-state index is 0.0377. The SMILES string of the molecule is COC(=O)c1csc(Nc2ccc(Br)cc2C(F)(F)F)n1. The largest absolute Gasteiger partial charge is 0.464 e. The summed E-state index contributed by atoms with van der Waals surface area (Å²) in [5.74, 6) is -0.647. The molecule has 1 N–H and O–H groups in total. The normalized spacial score (nSPS) is 11.3. The topological polar surface area (TPSA) is 51.2 Å². The number of halogens is 4. The molecule has 2 aromatic rings. The van der Waals surface area contributed by atoms with Gasteiger partial charge < -0.3 is 10.1 Å². The van der Waals surface area contributed by atoms with Crippen molar-refractivity contribution >= 4 is 44.1 Å². The molecule has 0 atom stereocenters. The molecule has 2 rings (SSSR count). The van der Waals surface area contributed by atoms with Crippen LogP contribution in [-0.4, -0.2) is 18.1 Å². The van der Waals surface area contributed by atoms with Crippen LogP contribution in [-0.2, 0) is 10.9 Å². The number of benzene rings is 1. The highest BCUT2D eigenvalue weighted by atomic mass is 79.9. The highest BCUT2D eigenvalue weighted by Gasteiger charge is 2.34. The van der Waals surface area contributed by atoms with E-state index < -0.39 is 17.7 Å². The summed E-state index contributed by atoms with van der Waals surface area (Å²) in [5, 5.41) is 4.14. The lowest BCUT2D eigenvalue weighted by Crippen LogP contribution is -2.09. The van der Waals surface area contributed by atoms with E-state index in [2.05, 4.69) is 31.0 Å². The molecule has 0 aliphatic rings. The molecule has 9 heteroatoms. The summed E-state index contributed by atoms with van der Waals surface area (Å²) in [6.45, 7) is 0. The van der Waals surface area contributed by atoms with Crippen LogP contribution in [0.5, 0.6) is 0 Å². The predicted molar refractivity (Wildman–Crippen MR) is 75.9 cm³/mol. The highest BCUT2D eigenvalue weighted by molar-refractivity contribution is 9.10. The smallest absolute Gasteiger partial charge is 0.418 e. The summed E-state index contributed by atoms with van der Waals surface area (Å²) in [6, 6.07) is 3.73. The van der Waals surface area contributed by atoms with Crippen molar-refractivity contribution in [1.29, 1.82) is 0 Å². The zero-order chi connectivity index (χ0) is 15.6. The van der Waals surface area contributed by atoms with Gasteiger partial charge in [0.25, 0.3) is 0 Å². The number of carbonyl (C=O) groups is 1. The summed E-state index contributed by atoms with van der Waals surface area (Å²) in [5.41, 5.74) is -0.932. The van der Waals surface area contributed by atoms with Crippen LogP contribution in [0.15, 0.2) is 28.1 Å². The Morgan fingerprint density at radius 3 is 2.76 bits per heavy atom. The fraction of sp³-hybridized carbons (Fsp3) is 0.167. The van der Waals surface area contributed by atoms with Crippen LogP contribution in [0.4, 0.5) is 24.0 Å². The van der Waals surface area contributed by atoms with Crippen LogP contribution in [0.1, 0.15) is 16.1 Å². The molecule has 112 valence electrons. The van der Waals surface area contributed by atoms with Crippen molar-refractivity contribution in [3.8, 4) is 0 Å². The number of alkyl halides is 3. The van der Waals surface area contributed by atoms with E-state index in [1.165, 1.54) is 24.6 Å². The first-order valence-electron chi connectivity index (χ1n) is 5.49. The van der Waals surface area contributed by atoms with Gasteiger partial charge in [-0.1, -0.05) is 15.9 Å². The van der Waals surface area contributed by atoms with Gasteiger partial charge in [0.05, 0.1) is 18.4 Å². The Morgan fingerprint density at radius 1 is 1.43 bits per heavy atom. The monoisotopic (exact) mass is 380 g/mol. The maximum absolute atomic E-state index is 13.0. The molecule has 0 fully saturated rings. The van der Waals surface area contributed by atoms with Gasteiger partial charge in [-0.25, -0.2) is 9.78 Å². The van der Waals surface area contributed by atoms with Crippen molar-refractivity contribution in [3.05, 3.63) is 39.3 Å². The number of carbonyl (C=O) groups excluding carboxylic acids is 1.